The van der Waals surface area contributed by atoms with Crippen LogP contribution in [0.2, 0.25) is 5.02 Å². The molecular weight excluding hydrogens is 634 g/mol. The Bertz CT molecular complexity index is 1570. The maximum absolute atomic E-state index is 14.1. The van der Waals surface area contributed by atoms with E-state index in [-0.39, 0.29) is 42.1 Å². The molecule has 234 valence electrons. The lowest BCUT2D eigenvalue weighted by atomic mass is 10.1. The lowest BCUT2D eigenvalue weighted by Gasteiger charge is -2.40. The Labute approximate surface area is 265 Å². The molecule has 43 heavy (non-hydrogen) atoms. The number of thiazole rings is 1. The lowest BCUT2D eigenvalue weighted by Crippen LogP contribution is -2.57. The summed E-state index contributed by atoms with van der Waals surface area (Å²) in [7, 11) is 1.18. The van der Waals surface area contributed by atoms with Crippen molar-refractivity contribution in [2.24, 2.45) is 0 Å². The van der Waals surface area contributed by atoms with Gasteiger partial charge >= 0.3 is 0 Å². The molecule has 15 heteroatoms. The second-order valence-electron chi connectivity index (χ2n) is 10.7. The van der Waals surface area contributed by atoms with Crippen molar-refractivity contribution < 1.29 is 27.5 Å². The van der Waals surface area contributed by atoms with E-state index < -0.39 is 16.1 Å². The maximum Gasteiger partial charge on any atom is 0.282 e. The van der Waals surface area contributed by atoms with Crippen LogP contribution in [0.15, 0.2) is 28.5 Å². The first kappa shape index (κ1) is 32.2. The number of rotatable bonds is 11. The third kappa shape index (κ3) is 7.22. The number of hydrogen-bond donors (Lipinski definition) is 0. The standard InChI is InChI=1S/C28H36ClN5O6S3/c1-31-7-6-22-24(18-31)42-27(30-22)28(36)33-8-9-34(21(17-33)16-25(35)32(10-12-39-2)11-13-40-3)43(37,38)26-14-19-4-5-20(29)15-23(19)41-26/h4-5,14-15,21H,6-13,16-18H2,1-3H3. The maximum atomic E-state index is 14.1. The first-order valence-electron chi connectivity index (χ1n) is 14.0. The van der Waals surface area contributed by atoms with Crippen LogP contribution in [0.3, 0.4) is 0 Å². The molecule has 0 radical (unpaired) electrons. The van der Waals surface area contributed by atoms with Crippen LogP contribution >= 0.6 is 34.3 Å². The minimum absolute atomic E-state index is 0.0605. The van der Waals surface area contributed by atoms with Crippen molar-refractivity contribution in [1.29, 1.82) is 0 Å². The Hall–Kier alpha value is -2.17. The van der Waals surface area contributed by atoms with Gasteiger partial charge in [-0.1, -0.05) is 17.7 Å². The molecule has 1 saturated heterocycles. The van der Waals surface area contributed by atoms with E-state index in [4.69, 9.17) is 21.1 Å². The number of sulfonamides is 1. The number of methoxy groups -OCH3 is 2. The number of nitrogens with zero attached hydrogens (tertiary/aromatic N) is 5. The van der Waals surface area contributed by atoms with Gasteiger partial charge in [0.25, 0.3) is 15.9 Å². The average Bonchev–Trinajstić information content (AvgIpc) is 3.61. The number of thiophene rings is 1. The molecule has 0 N–H and O–H groups in total. The molecule has 1 atom stereocenters. The quantitative estimate of drug-likeness (QED) is 0.306. The summed E-state index contributed by atoms with van der Waals surface area (Å²) in [6, 6.07) is 6.13. The van der Waals surface area contributed by atoms with Crippen LogP contribution in [-0.2, 0) is 37.3 Å². The number of likely N-dealkylation sites (N-methyl/N-ethyl adjacent to an activating group) is 1. The molecule has 2 aliphatic rings. The van der Waals surface area contributed by atoms with Gasteiger partial charge in [-0.3, -0.25) is 9.59 Å². The monoisotopic (exact) mass is 669 g/mol. The van der Waals surface area contributed by atoms with Crippen LogP contribution in [0.1, 0.15) is 26.8 Å². The number of carbonyl (C=O) groups excluding carboxylic acids is 2. The first-order chi connectivity index (χ1) is 20.6. The topological polar surface area (TPSA) is 113 Å². The van der Waals surface area contributed by atoms with Crippen LogP contribution in [0, 0.1) is 0 Å². The number of fused-ring (bicyclic) bond motifs is 2. The third-order valence-corrected chi connectivity index (χ3v) is 12.5. The first-order valence-corrected chi connectivity index (χ1v) is 17.5. The number of benzene rings is 1. The summed E-state index contributed by atoms with van der Waals surface area (Å²) in [4.78, 5) is 38.4. The Morgan fingerprint density at radius 1 is 1.09 bits per heavy atom. The highest BCUT2D eigenvalue weighted by atomic mass is 35.5. The van der Waals surface area contributed by atoms with Crippen molar-refractivity contribution in [3.05, 3.63) is 44.9 Å². The van der Waals surface area contributed by atoms with E-state index in [0.29, 0.717) is 36.3 Å². The summed E-state index contributed by atoms with van der Waals surface area (Å²) >= 11 is 8.70. The number of aromatic nitrogens is 1. The van der Waals surface area contributed by atoms with Crippen LogP contribution < -0.4 is 0 Å². The highest BCUT2D eigenvalue weighted by Gasteiger charge is 2.40. The lowest BCUT2D eigenvalue weighted by molar-refractivity contribution is -0.133. The third-order valence-electron chi connectivity index (χ3n) is 7.74. The molecule has 5 rings (SSSR count). The van der Waals surface area contributed by atoms with Crippen molar-refractivity contribution in [3.63, 3.8) is 0 Å². The molecule has 11 nitrogen and oxygen atoms in total. The smallest absolute Gasteiger partial charge is 0.282 e. The molecule has 4 heterocycles. The van der Waals surface area contributed by atoms with Crippen molar-refractivity contribution in [2.45, 2.75) is 29.6 Å². The van der Waals surface area contributed by atoms with Gasteiger partial charge in [0.05, 0.1) is 24.9 Å². The largest absolute Gasteiger partial charge is 0.383 e. The fraction of sp³-hybridized carbons (Fsp3) is 0.536. The number of ether oxygens (including phenoxy) is 2. The number of amides is 2. The molecule has 2 aromatic heterocycles. The van der Waals surface area contributed by atoms with Crippen LogP contribution in [0.4, 0.5) is 0 Å². The summed E-state index contributed by atoms with van der Waals surface area (Å²) in [5.74, 6) is -0.465. The molecule has 2 aliphatic heterocycles. The van der Waals surface area contributed by atoms with E-state index in [9.17, 15) is 18.0 Å². The fourth-order valence-electron chi connectivity index (χ4n) is 5.37. The molecule has 0 aliphatic carbocycles. The number of piperazine rings is 1. The number of carbonyl (C=O) groups is 2. The van der Waals surface area contributed by atoms with Crippen molar-refractivity contribution in [1.82, 2.24) is 24.0 Å². The molecule has 0 bridgehead atoms. The summed E-state index contributed by atoms with van der Waals surface area (Å²) in [6.07, 6.45) is 0.699. The van der Waals surface area contributed by atoms with E-state index in [2.05, 4.69) is 9.88 Å². The molecular formula is C28H36ClN5O6S3. The van der Waals surface area contributed by atoms with Gasteiger partial charge in [0.15, 0.2) is 5.01 Å². The molecule has 0 spiro atoms. The van der Waals surface area contributed by atoms with Gasteiger partial charge in [0, 0.05) is 87.5 Å². The minimum Gasteiger partial charge on any atom is -0.383 e. The predicted molar refractivity (Wildman–Crippen MR) is 168 cm³/mol. The minimum atomic E-state index is -3.98. The van der Waals surface area contributed by atoms with E-state index in [1.807, 2.05) is 7.05 Å². The summed E-state index contributed by atoms with van der Waals surface area (Å²) < 4.78 is 40.9. The van der Waals surface area contributed by atoms with E-state index >= 15 is 0 Å². The van der Waals surface area contributed by atoms with Gasteiger partial charge in [-0.15, -0.1) is 22.7 Å². The summed E-state index contributed by atoms with van der Waals surface area (Å²) in [6.45, 7) is 3.33. The fourth-order valence-corrected chi connectivity index (χ4v) is 9.94. The van der Waals surface area contributed by atoms with Crippen LogP contribution in [0.25, 0.3) is 10.1 Å². The second-order valence-corrected chi connectivity index (χ2v) is 15.4. The SMILES string of the molecule is COCCN(CCOC)C(=O)CC1CN(C(=O)c2nc3c(s2)CN(C)CC3)CCN1S(=O)(=O)c1cc2ccc(Cl)cc2s1. The highest BCUT2D eigenvalue weighted by molar-refractivity contribution is 7.91. The highest BCUT2D eigenvalue weighted by Crippen LogP contribution is 2.35. The number of hydrogen-bond acceptors (Lipinski definition) is 10. The van der Waals surface area contributed by atoms with E-state index in [1.54, 1.807) is 48.3 Å². The molecule has 2 amide bonds. The van der Waals surface area contributed by atoms with Crippen molar-refractivity contribution in [2.75, 3.05) is 73.7 Å². The zero-order valence-corrected chi connectivity index (χ0v) is 27.7. The molecule has 1 fully saturated rings. The van der Waals surface area contributed by atoms with Crippen LogP contribution in [-0.4, -0.2) is 124 Å². The zero-order valence-electron chi connectivity index (χ0n) is 24.5. The van der Waals surface area contributed by atoms with Gasteiger partial charge in [0.2, 0.25) is 5.91 Å². The Kier molecular flexibility index (Phi) is 10.4. The van der Waals surface area contributed by atoms with Gasteiger partial charge in [0.1, 0.15) is 4.21 Å². The van der Waals surface area contributed by atoms with Gasteiger partial charge in [-0.2, -0.15) is 4.31 Å². The number of halogens is 1. The van der Waals surface area contributed by atoms with E-state index in [0.717, 1.165) is 51.5 Å². The van der Waals surface area contributed by atoms with Gasteiger partial charge in [-0.05, 0) is 30.6 Å². The molecule has 3 aromatic rings. The zero-order chi connectivity index (χ0) is 30.7. The molecule has 1 unspecified atom stereocenters. The summed E-state index contributed by atoms with van der Waals surface area (Å²) in [5, 5.41) is 1.71. The Balaban J connectivity index is 1.42. The van der Waals surface area contributed by atoms with Crippen molar-refractivity contribution >= 4 is 66.2 Å². The molecule has 1 aromatic carbocycles. The second kappa shape index (κ2) is 13.9. The molecule has 0 saturated carbocycles. The van der Waals surface area contributed by atoms with Gasteiger partial charge < -0.3 is 24.2 Å². The normalized spacial score (nSPS) is 18.2. The Morgan fingerprint density at radius 2 is 1.84 bits per heavy atom. The predicted octanol–water partition coefficient (Wildman–Crippen LogP) is 3.03. The Morgan fingerprint density at radius 3 is 2.56 bits per heavy atom. The summed E-state index contributed by atoms with van der Waals surface area (Å²) in [5.41, 5.74) is 0.955. The van der Waals surface area contributed by atoms with Gasteiger partial charge in [-0.25, -0.2) is 13.4 Å². The van der Waals surface area contributed by atoms with E-state index in [1.165, 1.54) is 15.6 Å². The van der Waals surface area contributed by atoms with Crippen molar-refractivity contribution in [3.8, 4) is 0 Å². The van der Waals surface area contributed by atoms with Crippen LogP contribution in [0.5, 0.6) is 0 Å². The average molecular weight is 670 g/mol.